The molecule has 118 valence electrons. The summed E-state index contributed by atoms with van der Waals surface area (Å²) < 4.78 is 10.6. The Morgan fingerprint density at radius 1 is 0.955 bits per heavy atom. The molecule has 0 amide bonds. The lowest BCUT2D eigenvalue weighted by molar-refractivity contribution is 0.311. The average Bonchev–Trinajstić information content (AvgIpc) is 2.55. The number of rotatable bonds is 7. The summed E-state index contributed by atoms with van der Waals surface area (Å²) in [6.07, 6.45) is 0. The van der Waals surface area contributed by atoms with Gasteiger partial charge in [-0.25, -0.2) is 0 Å². The minimum Gasteiger partial charge on any atom is -0.497 e. The molecule has 1 unspecified atom stereocenters. The van der Waals surface area contributed by atoms with E-state index >= 15 is 0 Å². The fourth-order valence-corrected chi connectivity index (χ4v) is 2.42. The Labute approximate surface area is 132 Å². The largest absolute Gasteiger partial charge is 0.497 e. The van der Waals surface area contributed by atoms with Crippen LogP contribution in [0.5, 0.6) is 11.5 Å². The number of nitrogens with zero attached hydrogens (tertiary/aromatic N) is 1. The van der Waals surface area contributed by atoms with E-state index in [-0.39, 0.29) is 6.04 Å². The van der Waals surface area contributed by atoms with Crippen LogP contribution in [0.2, 0.25) is 0 Å². The van der Waals surface area contributed by atoms with E-state index in [1.165, 1.54) is 5.56 Å². The molecule has 0 bridgehead atoms. The SMILES string of the molecule is COc1ccc(C(CNc2ccccc2OC)N(C)C)cc1. The van der Waals surface area contributed by atoms with Gasteiger partial charge in [-0.05, 0) is 43.9 Å². The van der Waals surface area contributed by atoms with E-state index < -0.39 is 0 Å². The van der Waals surface area contributed by atoms with Crippen LogP contribution in [0.3, 0.4) is 0 Å². The van der Waals surface area contributed by atoms with E-state index in [0.717, 1.165) is 23.7 Å². The van der Waals surface area contributed by atoms with Gasteiger partial charge < -0.3 is 19.7 Å². The van der Waals surface area contributed by atoms with Crippen LogP contribution in [0.15, 0.2) is 48.5 Å². The lowest BCUT2D eigenvalue weighted by atomic mass is 10.1. The Morgan fingerprint density at radius 2 is 1.64 bits per heavy atom. The van der Waals surface area contributed by atoms with Crippen molar-refractivity contribution in [1.82, 2.24) is 4.90 Å². The highest BCUT2D eigenvalue weighted by molar-refractivity contribution is 5.56. The predicted octanol–water partition coefficient (Wildman–Crippen LogP) is 3.42. The minimum absolute atomic E-state index is 0.260. The highest BCUT2D eigenvalue weighted by Crippen LogP contribution is 2.26. The fraction of sp³-hybridized carbons (Fsp3) is 0.333. The Kier molecular flexibility index (Phi) is 5.67. The summed E-state index contributed by atoms with van der Waals surface area (Å²) in [6, 6.07) is 16.4. The second-order valence-electron chi connectivity index (χ2n) is 5.33. The normalized spacial score (nSPS) is 12.0. The number of hydrogen-bond acceptors (Lipinski definition) is 4. The van der Waals surface area contributed by atoms with E-state index in [9.17, 15) is 0 Å². The third-order valence-corrected chi connectivity index (χ3v) is 3.72. The highest BCUT2D eigenvalue weighted by atomic mass is 16.5. The maximum Gasteiger partial charge on any atom is 0.141 e. The van der Waals surface area contributed by atoms with Gasteiger partial charge in [-0.1, -0.05) is 24.3 Å². The third kappa shape index (κ3) is 3.92. The Bertz CT molecular complexity index is 582. The van der Waals surface area contributed by atoms with E-state index in [1.54, 1.807) is 14.2 Å². The van der Waals surface area contributed by atoms with Crippen molar-refractivity contribution in [3.63, 3.8) is 0 Å². The molecule has 0 saturated carbocycles. The molecular weight excluding hydrogens is 276 g/mol. The number of likely N-dealkylation sites (N-methyl/N-ethyl adjacent to an activating group) is 1. The molecule has 0 spiro atoms. The number of methoxy groups -OCH3 is 2. The quantitative estimate of drug-likeness (QED) is 0.849. The zero-order valence-corrected chi connectivity index (χ0v) is 13.7. The summed E-state index contributed by atoms with van der Waals surface area (Å²) in [5, 5.41) is 3.47. The first-order chi connectivity index (χ1) is 10.7. The topological polar surface area (TPSA) is 33.7 Å². The van der Waals surface area contributed by atoms with Crippen molar-refractivity contribution in [3.05, 3.63) is 54.1 Å². The maximum absolute atomic E-state index is 5.38. The lowest BCUT2D eigenvalue weighted by Crippen LogP contribution is -2.26. The summed E-state index contributed by atoms with van der Waals surface area (Å²) in [5.74, 6) is 1.73. The standard InChI is InChI=1S/C18H24N2O2/c1-20(2)17(14-9-11-15(21-3)12-10-14)13-19-16-7-5-6-8-18(16)22-4/h5-12,17,19H,13H2,1-4H3. The van der Waals surface area contributed by atoms with Crippen LogP contribution in [0, 0.1) is 0 Å². The molecular formula is C18H24N2O2. The van der Waals surface area contributed by atoms with Crippen molar-refractivity contribution in [2.45, 2.75) is 6.04 Å². The molecule has 22 heavy (non-hydrogen) atoms. The third-order valence-electron chi connectivity index (χ3n) is 3.72. The van der Waals surface area contributed by atoms with Gasteiger partial charge in [-0.2, -0.15) is 0 Å². The minimum atomic E-state index is 0.260. The maximum atomic E-state index is 5.38. The van der Waals surface area contributed by atoms with Gasteiger partial charge in [0.05, 0.1) is 25.9 Å². The van der Waals surface area contributed by atoms with E-state index in [4.69, 9.17) is 9.47 Å². The van der Waals surface area contributed by atoms with Gasteiger partial charge in [-0.15, -0.1) is 0 Å². The van der Waals surface area contributed by atoms with Crippen LogP contribution in [0.25, 0.3) is 0 Å². The number of ether oxygens (including phenoxy) is 2. The van der Waals surface area contributed by atoms with Gasteiger partial charge in [0, 0.05) is 6.54 Å². The molecule has 0 aromatic heterocycles. The van der Waals surface area contributed by atoms with Crippen LogP contribution in [0.1, 0.15) is 11.6 Å². The van der Waals surface area contributed by atoms with Crippen molar-refractivity contribution in [2.75, 3.05) is 40.2 Å². The van der Waals surface area contributed by atoms with Gasteiger partial charge in [0.25, 0.3) is 0 Å². The Morgan fingerprint density at radius 3 is 2.23 bits per heavy atom. The first-order valence-electron chi connectivity index (χ1n) is 7.33. The first kappa shape index (κ1) is 16.2. The van der Waals surface area contributed by atoms with Crippen LogP contribution in [-0.4, -0.2) is 39.8 Å². The fourth-order valence-electron chi connectivity index (χ4n) is 2.42. The molecule has 4 nitrogen and oxygen atoms in total. The summed E-state index contributed by atoms with van der Waals surface area (Å²) in [6.45, 7) is 0.791. The van der Waals surface area contributed by atoms with E-state index in [0.29, 0.717) is 0 Å². The molecule has 0 radical (unpaired) electrons. The molecule has 1 atom stereocenters. The lowest BCUT2D eigenvalue weighted by Gasteiger charge is -2.26. The van der Waals surface area contributed by atoms with Crippen LogP contribution in [-0.2, 0) is 0 Å². The van der Waals surface area contributed by atoms with Crippen molar-refractivity contribution in [2.24, 2.45) is 0 Å². The number of nitrogens with one attached hydrogen (secondary N) is 1. The Balaban J connectivity index is 2.11. The molecule has 4 heteroatoms. The molecule has 2 aromatic rings. The van der Waals surface area contributed by atoms with Crippen molar-refractivity contribution < 1.29 is 9.47 Å². The van der Waals surface area contributed by atoms with Crippen molar-refractivity contribution in [3.8, 4) is 11.5 Å². The summed E-state index contributed by atoms with van der Waals surface area (Å²) in [5.41, 5.74) is 2.25. The molecule has 0 fully saturated rings. The van der Waals surface area contributed by atoms with Crippen molar-refractivity contribution in [1.29, 1.82) is 0 Å². The summed E-state index contributed by atoms with van der Waals surface area (Å²) in [4.78, 5) is 2.20. The van der Waals surface area contributed by atoms with Gasteiger partial charge in [-0.3, -0.25) is 0 Å². The summed E-state index contributed by atoms with van der Waals surface area (Å²) >= 11 is 0. The summed E-state index contributed by atoms with van der Waals surface area (Å²) in [7, 11) is 7.53. The molecule has 0 aliphatic rings. The molecule has 2 aromatic carbocycles. The molecule has 0 saturated heterocycles. The second-order valence-corrected chi connectivity index (χ2v) is 5.33. The van der Waals surface area contributed by atoms with Gasteiger partial charge in [0.1, 0.15) is 11.5 Å². The monoisotopic (exact) mass is 300 g/mol. The van der Waals surface area contributed by atoms with Crippen LogP contribution >= 0.6 is 0 Å². The van der Waals surface area contributed by atoms with Crippen molar-refractivity contribution >= 4 is 5.69 Å². The highest BCUT2D eigenvalue weighted by Gasteiger charge is 2.14. The average molecular weight is 300 g/mol. The predicted molar refractivity (Wildman–Crippen MR) is 90.9 cm³/mol. The van der Waals surface area contributed by atoms with Gasteiger partial charge in [0.2, 0.25) is 0 Å². The van der Waals surface area contributed by atoms with E-state index in [1.807, 2.05) is 36.4 Å². The number of anilines is 1. The molecule has 2 rings (SSSR count). The smallest absolute Gasteiger partial charge is 0.141 e. The van der Waals surface area contributed by atoms with Gasteiger partial charge >= 0.3 is 0 Å². The number of para-hydroxylation sites is 2. The molecule has 0 aliphatic carbocycles. The molecule has 0 heterocycles. The molecule has 1 N–H and O–H groups in total. The molecule has 0 aliphatic heterocycles. The number of hydrogen-bond donors (Lipinski definition) is 1. The second kappa shape index (κ2) is 7.71. The zero-order chi connectivity index (χ0) is 15.9. The van der Waals surface area contributed by atoms with Crippen LogP contribution < -0.4 is 14.8 Å². The first-order valence-corrected chi connectivity index (χ1v) is 7.33. The Hall–Kier alpha value is -2.20. The number of benzene rings is 2. The van der Waals surface area contributed by atoms with Crippen LogP contribution in [0.4, 0.5) is 5.69 Å². The van der Waals surface area contributed by atoms with Gasteiger partial charge in [0.15, 0.2) is 0 Å². The zero-order valence-electron chi connectivity index (χ0n) is 13.7. The van der Waals surface area contributed by atoms with E-state index in [2.05, 4.69) is 36.4 Å².